The van der Waals surface area contributed by atoms with E-state index in [1.54, 1.807) is 31.3 Å². The van der Waals surface area contributed by atoms with E-state index >= 15 is 0 Å². The monoisotopic (exact) mass is 441 g/mol. The number of Topliss-reactive ketones (excluding diaryl/α,β-unsaturated/α-hetero) is 2. The van der Waals surface area contributed by atoms with Gasteiger partial charge in [0.05, 0.1) is 28.9 Å². The maximum absolute atomic E-state index is 13.8. The van der Waals surface area contributed by atoms with Crippen molar-refractivity contribution in [2.24, 2.45) is 14.1 Å². The molecule has 0 fully saturated rings. The fourth-order valence-corrected chi connectivity index (χ4v) is 5.25. The first-order valence-electron chi connectivity index (χ1n) is 10.6. The second kappa shape index (κ2) is 6.49. The van der Waals surface area contributed by atoms with Crippen LogP contribution in [-0.2, 0) is 31.0 Å². The molecule has 2 aromatic carbocycles. The number of aryl methyl sites for hydroxylation is 1. The minimum Gasteiger partial charge on any atom is -0.351 e. The second-order valence-corrected chi connectivity index (χ2v) is 8.38. The van der Waals surface area contributed by atoms with E-state index < -0.39 is 28.4 Å². The quantitative estimate of drug-likeness (QED) is 0.422. The van der Waals surface area contributed by atoms with Gasteiger partial charge < -0.3 is 9.30 Å². The number of ether oxygens (including phenoxy) is 1. The highest BCUT2D eigenvalue weighted by atomic mass is 16.5. The molecule has 0 N–H and O–H groups in total. The summed E-state index contributed by atoms with van der Waals surface area (Å²) in [6.07, 6.45) is 0. The molecular formula is C25H19N3O5. The number of carbonyl (C=O) groups is 2. The van der Waals surface area contributed by atoms with Crippen molar-refractivity contribution in [3.05, 3.63) is 92.3 Å². The molecule has 1 aliphatic heterocycles. The Bertz CT molecular complexity index is 1600. The molecule has 0 amide bonds. The van der Waals surface area contributed by atoms with Gasteiger partial charge in [-0.25, -0.2) is 4.79 Å². The first kappa shape index (κ1) is 19.6. The Morgan fingerprint density at radius 2 is 1.42 bits per heavy atom. The number of carbonyl (C=O) groups excluding carboxylic acids is 2. The first-order chi connectivity index (χ1) is 15.9. The molecule has 0 saturated heterocycles. The highest BCUT2D eigenvalue weighted by Gasteiger charge is 2.60. The predicted octanol–water partition coefficient (Wildman–Crippen LogP) is 2.01. The van der Waals surface area contributed by atoms with E-state index in [9.17, 15) is 19.2 Å². The Morgan fingerprint density at radius 1 is 0.818 bits per heavy atom. The van der Waals surface area contributed by atoms with Gasteiger partial charge in [0, 0.05) is 31.8 Å². The molecule has 4 aromatic rings. The van der Waals surface area contributed by atoms with Crippen LogP contribution in [0.25, 0.3) is 22.2 Å². The van der Waals surface area contributed by atoms with Crippen LogP contribution in [0.1, 0.15) is 26.4 Å². The minimum atomic E-state index is -1.94. The van der Waals surface area contributed by atoms with Crippen molar-refractivity contribution < 1.29 is 14.3 Å². The molecule has 6 rings (SSSR count). The summed E-state index contributed by atoms with van der Waals surface area (Å²) >= 11 is 0. The predicted molar refractivity (Wildman–Crippen MR) is 121 cm³/mol. The van der Waals surface area contributed by atoms with Crippen molar-refractivity contribution in [3.63, 3.8) is 0 Å². The third-order valence-electron chi connectivity index (χ3n) is 6.74. The van der Waals surface area contributed by atoms with Gasteiger partial charge in [-0.05, 0) is 5.56 Å². The summed E-state index contributed by atoms with van der Waals surface area (Å²) < 4.78 is 10.2. The standard InChI is InChI=1S/C25H19N3O5/c1-26-19-17(23(31)27(2)24(26)32)18(14-8-4-3-5-9-14)28-12-13-33-25(20(19)28)21(29)15-10-6-7-11-16(15)22(25)30/h3-11H,12-13H2,1-2H3. The number of benzene rings is 2. The molecule has 0 unspecified atom stereocenters. The smallest absolute Gasteiger partial charge is 0.331 e. The summed E-state index contributed by atoms with van der Waals surface area (Å²) in [5.41, 5.74) is -0.615. The maximum atomic E-state index is 13.8. The van der Waals surface area contributed by atoms with Crippen molar-refractivity contribution in [3.8, 4) is 11.3 Å². The molecular weight excluding hydrogens is 422 g/mol. The Hall–Kier alpha value is -4.04. The van der Waals surface area contributed by atoms with Gasteiger partial charge in [0.1, 0.15) is 0 Å². The van der Waals surface area contributed by atoms with Gasteiger partial charge in [-0.2, -0.15) is 0 Å². The Kier molecular flexibility index (Phi) is 3.86. The average molecular weight is 441 g/mol. The topological polar surface area (TPSA) is 92.3 Å². The van der Waals surface area contributed by atoms with Gasteiger partial charge >= 0.3 is 5.69 Å². The van der Waals surface area contributed by atoms with Crippen LogP contribution in [0, 0.1) is 0 Å². The molecule has 0 saturated carbocycles. The lowest BCUT2D eigenvalue weighted by Crippen LogP contribution is -2.47. The third-order valence-corrected chi connectivity index (χ3v) is 6.74. The maximum Gasteiger partial charge on any atom is 0.331 e. The molecule has 2 aliphatic rings. The molecule has 1 aliphatic carbocycles. The largest absolute Gasteiger partial charge is 0.351 e. The molecule has 8 nitrogen and oxygen atoms in total. The molecule has 1 spiro atoms. The number of hydrogen-bond acceptors (Lipinski definition) is 5. The van der Waals surface area contributed by atoms with Crippen LogP contribution in [-0.4, -0.2) is 31.9 Å². The highest BCUT2D eigenvalue weighted by Crippen LogP contribution is 2.47. The van der Waals surface area contributed by atoms with Crippen LogP contribution in [0.5, 0.6) is 0 Å². The van der Waals surface area contributed by atoms with E-state index in [0.717, 1.165) is 10.1 Å². The van der Waals surface area contributed by atoms with Gasteiger partial charge in [-0.1, -0.05) is 54.6 Å². The molecule has 33 heavy (non-hydrogen) atoms. The summed E-state index contributed by atoms with van der Waals surface area (Å²) in [6, 6.07) is 15.9. The Balaban J connectivity index is 1.85. The molecule has 2 aromatic heterocycles. The van der Waals surface area contributed by atoms with E-state index in [2.05, 4.69) is 0 Å². The number of nitrogens with zero attached hydrogens (tertiary/aromatic N) is 3. The Morgan fingerprint density at radius 3 is 2.06 bits per heavy atom. The number of aromatic nitrogens is 3. The lowest BCUT2D eigenvalue weighted by atomic mass is 9.91. The lowest BCUT2D eigenvalue weighted by Gasteiger charge is -2.33. The summed E-state index contributed by atoms with van der Waals surface area (Å²) in [5, 5.41) is 0.280. The van der Waals surface area contributed by atoms with Gasteiger partial charge in [0.2, 0.25) is 17.2 Å². The molecule has 3 heterocycles. The van der Waals surface area contributed by atoms with Crippen LogP contribution >= 0.6 is 0 Å². The summed E-state index contributed by atoms with van der Waals surface area (Å²) in [6.45, 7) is 0.428. The van der Waals surface area contributed by atoms with Gasteiger partial charge in [0.15, 0.2) is 0 Å². The van der Waals surface area contributed by atoms with Crippen molar-refractivity contribution in [1.29, 1.82) is 0 Å². The normalized spacial score (nSPS) is 16.4. The number of rotatable bonds is 1. The fraction of sp³-hybridized carbons (Fsp3) is 0.200. The SMILES string of the molecule is Cn1c(=O)c2c(-c3ccccc3)n3c(c2n(C)c1=O)C1(OCC3)C(=O)c2ccccc2C1=O. The van der Waals surface area contributed by atoms with Crippen LogP contribution in [0.2, 0.25) is 0 Å². The van der Waals surface area contributed by atoms with Gasteiger partial charge in [-0.15, -0.1) is 0 Å². The van der Waals surface area contributed by atoms with Crippen LogP contribution in [0.4, 0.5) is 0 Å². The Labute approximate surface area is 187 Å². The zero-order valence-corrected chi connectivity index (χ0v) is 18.0. The van der Waals surface area contributed by atoms with Crippen LogP contribution in [0.3, 0.4) is 0 Å². The van der Waals surface area contributed by atoms with E-state index in [0.29, 0.717) is 12.2 Å². The number of fused-ring (bicyclic) bond motifs is 5. The molecule has 0 radical (unpaired) electrons. The van der Waals surface area contributed by atoms with Gasteiger partial charge in [0.25, 0.3) is 5.56 Å². The van der Waals surface area contributed by atoms with E-state index in [-0.39, 0.29) is 34.3 Å². The molecule has 8 heteroatoms. The van der Waals surface area contributed by atoms with Gasteiger partial charge in [-0.3, -0.25) is 23.5 Å². The summed E-state index contributed by atoms with van der Waals surface area (Å²) in [5.74, 6) is -0.952. The van der Waals surface area contributed by atoms with Crippen molar-refractivity contribution in [2.45, 2.75) is 12.1 Å². The van der Waals surface area contributed by atoms with E-state index in [1.807, 2.05) is 34.9 Å². The summed E-state index contributed by atoms with van der Waals surface area (Å²) in [7, 11) is 2.96. The first-order valence-corrected chi connectivity index (χ1v) is 10.6. The minimum absolute atomic E-state index is 0.105. The lowest BCUT2D eigenvalue weighted by molar-refractivity contribution is -0.0311. The highest BCUT2D eigenvalue weighted by molar-refractivity contribution is 6.33. The van der Waals surface area contributed by atoms with Crippen molar-refractivity contribution in [1.82, 2.24) is 13.7 Å². The molecule has 0 atom stereocenters. The zero-order chi connectivity index (χ0) is 23.1. The number of hydrogen-bond donors (Lipinski definition) is 0. The second-order valence-electron chi connectivity index (χ2n) is 8.38. The van der Waals surface area contributed by atoms with Crippen molar-refractivity contribution >= 4 is 22.5 Å². The van der Waals surface area contributed by atoms with Crippen molar-refractivity contribution in [2.75, 3.05) is 6.61 Å². The molecule has 164 valence electrons. The van der Waals surface area contributed by atoms with E-state index in [1.165, 1.54) is 11.6 Å². The zero-order valence-electron chi connectivity index (χ0n) is 18.0. The van der Waals surface area contributed by atoms with Crippen LogP contribution < -0.4 is 11.2 Å². The average Bonchev–Trinajstić information content (AvgIpc) is 3.30. The van der Waals surface area contributed by atoms with Crippen LogP contribution in [0.15, 0.2) is 64.2 Å². The number of ketones is 2. The fourth-order valence-electron chi connectivity index (χ4n) is 5.25. The summed E-state index contributed by atoms with van der Waals surface area (Å²) in [4.78, 5) is 53.9. The third kappa shape index (κ3) is 2.23. The molecule has 0 bridgehead atoms. The van der Waals surface area contributed by atoms with E-state index in [4.69, 9.17) is 4.74 Å².